The number of fused-ring (bicyclic) bond motifs is 6. The van der Waals surface area contributed by atoms with Crippen molar-refractivity contribution in [1.82, 2.24) is 0 Å². The number of thiophene rings is 1. The fourth-order valence-electron chi connectivity index (χ4n) is 6.28. The van der Waals surface area contributed by atoms with Gasteiger partial charge in [-0.25, -0.2) is 0 Å². The van der Waals surface area contributed by atoms with Crippen LogP contribution in [0.15, 0.2) is 176 Å². The summed E-state index contributed by atoms with van der Waals surface area (Å²) in [6.45, 7) is 0. The predicted molar refractivity (Wildman–Crippen MR) is 200 cm³/mol. The first-order chi connectivity index (χ1) is 26.6. The van der Waals surface area contributed by atoms with Crippen molar-refractivity contribution in [2.75, 3.05) is 4.90 Å². The average Bonchev–Trinajstić information content (AvgIpc) is 3.61. The first-order valence-electron chi connectivity index (χ1n) is 19.5. The number of benzene rings is 8. The van der Waals surface area contributed by atoms with E-state index in [4.69, 9.17) is 6.85 Å². The van der Waals surface area contributed by atoms with Crippen molar-refractivity contribution in [3.05, 3.63) is 176 Å². The molecule has 1 heterocycles. The molecule has 0 saturated carbocycles. The van der Waals surface area contributed by atoms with Crippen molar-refractivity contribution in [3.63, 3.8) is 0 Å². The van der Waals surface area contributed by atoms with E-state index < -0.39 is 54.4 Å². The van der Waals surface area contributed by atoms with E-state index in [-0.39, 0.29) is 16.8 Å². The number of hydrogen-bond donors (Lipinski definition) is 0. The van der Waals surface area contributed by atoms with Crippen LogP contribution in [-0.2, 0) is 0 Å². The van der Waals surface area contributed by atoms with E-state index in [0.717, 1.165) is 52.8 Å². The van der Waals surface area contributed by atoms with Crippen LogP contribution in [0.1, 0.15) is 12.3 Å². The Hall–Kier alpha value is -5.70. The minimum Gasteiger partial charge on any atom is -0.310 e. The average molecular weight is 613 g/mol. The van der Waals surface area contributed by atoms with Gasteiger partial charge in [-0.3, -0.25) is 0 Å². The number of rotatable bonds is 5. The van der Waals surface area contributed by atoms with Gasteiger partial charge in [0.25, 0.3) is 0 Å². The largest absolute Gasteiger partial charge is 0.310 e. The zero-order chi connectivity index (χ0) is 38.3. The third kappa shape index (κ3) is 4.46. The lowest BCUT2D eigenvalue weighted by molar-refractivity contribution is 1.31. The molecule has 216 valence electrons. The molecule has 0 aliphatic heterocycles. The minimum absolute atomic E-state index is 0.0326. The minimum atomic E-state index is -0.618. The van der Waals surface area contributed by atoms with Crippen LogP contribution in [0, 0.1) is 0 Å². The van der Waals surface area contributed by atoms with E-state index in [0.29, 0.717) is 11.4 Å². The van der Waals surface area contributed by atoms with Crippen LogP contribution >= 0.6 is 11.3 Å². The van der Waals surface area contributed by atoms with Crippen LogP contribution in [0.5, 0.6) is 0 Å². The van der Waals surface area contributed by atoms with Gasteiger partial charge >= 0.3 is 0 Å². The molecular formula is C44H29NS. The van der Waals surface area contributed by atoms with Gasteiger partial charge in [0.05, 0.1) is 18.0 Å². The van der Waals surface area contributed by atoms with Crippen LogP contribution in [0.3, 0.4) is 0 Å². The number of anilines is 3. The molecule has 0 amide bonds. The summed E-state index contributed by atoms with van der Waals surface area (Å²) in [6.07, 6.45) is 0. The van der Waals surface area contributed by atoms with Gasteiger partial charge in [0.15, 0.2) is 0 Å². The van der Waals surface area contributed by atoms with E-state index in [1.165, 1.54) is 0 Å². The fourth-order valence-corrected chi connectivity index (χ4v) is 7.54. The smallest absolute Gasteiger partial charge is 0.0645 e. The molecule has 0 N–H and O–H groups in total. The van der Waals surface area contributed by atoms with Crippen LogP contribution in [0.2, 0.25) is 0 Å². The van der Waals surface area contributed by atoms with Gasteiger partial charge in [0, 0.05) is 31.5 Å². The molecule has 0 spiro atoms. The van der Waals surface area contributed by atoms with Crippen molar-refractivity contribution < 1.29 is 12.3 Å². The van der Waals surface area contributed by atoms with Crippen LogP contribution in [0.4, 0.5) is 17.1 Å². The Morgan fingerprint density at radius 3 is 1.98 bits per heavy atom. The molecule has 0 atom stereocenters. The second-order valence-corrected chi connectivity index (χ2v) is 12.1. The van der Waals surface area contributed by atoms with E-state index >= 15 is 0 Å². The molecule has 8 aromatic carbocycles. The highest BCUT2D eigenvalue weighted by atomic mass is 32.1. The maximum atomic E-state index is 9.56. The summed E-state index contributed by atoms with van der Waals surface area (Å²) >= 11 is 1.64. The van der Waals surface area contributed by atoms with E-state index in [9.17, 15) is 5.48 Å². The molecule has 9 aromatic rings. The molecule has 9 rings (SSSR count). The lowest BCUT2D eigenvalue weighted by Crippen LogP contribution is -2.10. The molecule has 0 aliphatic carbocycles. The van der Waals surface area contributed by atoms with Gasteiger partial charge in [0.1, 0.15) is 0 Å². The standard InChI is InChI=1S/C44H29NS/c1-3-11-30(12-4-1)31-21-24-35(25-22-31)45(36-26-23-34-20-19-33-15-7-8-16-37(33)40(34)29-36)41-28-27-38(32-13-5-2-6-14-32)44-43(41)39-17-9-10-18-42(39)46-44/h1-29H/i1D,3D,4D,11D,12D,21D,22D,24D,25D. The topological polar surface area (TPSA) is 3.24 Å². The lowest BCUT2D eigenvalue weighted by Gasteiger charge is -2.27. The van der Waals surface area contributed by atoms with Gasteiger partial charge in [-0.2, -0.15) is 0 Å². The van der Waals surface area contributed by atoms with Crippen molar-refractivity contribution in [2.24, 2.45) is 0 Å². The highest BCUT2D eigenvalue weighted by Gasteiger charge is 2.21. The molecule has 0 fully saturated rings. The van der Waals surface area contributed by atoms with Gasteiger partial charge in [0.2, 0.25) is 0 Å². The Bertz CT molecular complexity index is 2990. The zero-order valence-corrected chi connectivity index (χ0v) is 25.2. The fraction of sp³-hybridized carbons (Fsp3) is 0. The first kappa shape index (κ1) is 19.0. The van der Waals surface area contributed by atoms with Crippen molar-refractivity contribution >= 4 is 70.1 Å². The molecule has 46 heavy (non-hydrogen) atoms. The number of nitrogens with zero attached hydrogens (tertiary/aromatic N) is 1. The second-order valence-electron chi connectivity index (χ2n) is 11.1. The molecule has 0 bridgehead atoms. The van der Waals surface area contributed by atoms with Gasteiger partial charge in [-0.1, -0.05) is 139 Å². The SMILES string of the molecule is [2H]c1c([2H])c([2H])c(-c2c([2H])c([2H])c(N(c3ccc4ccc5ccccc5c4c3)c3ccc(-c4ccccc4)c4sc5ccccc5c34)c([2H])c2[2H])c([2H])c1[2H]. The Balaban J connectivity index is 1.41. The summed E-state index contributed by atoms with van der Waals surface area (Å²) in [4.78, 5) is 1.78. The van der Waals surface area contributed by atoms with Crippen molar-refractivity contribution in [1.29, 1.82) is 0 Å². The number of hydrogen-bond acceptors (Lipinski definition) is 2. The van der Waals surface area contributed by atoms with E-state index in [1.54, 1.807) is 16.2 Å². The quantitative estimate of drug-likeness (QED) is 0.175. The summed E-state index contributed by atoms with van der Waals surface area (Å²) < 4.78 is 81.7. The van der Waals surface area contributed by atoms with Crippen LogP contribution in [0.25, 0.3) is 64.0 Å². The Morgan fingerprint density at radius 1 is 0.478 bits per heavy atom. The highest BCUT2D eigenvalue weighted by Crippen LogP contribution is 2.48. The Morgan fingerprint density at radius 2 is 1.15 bits per heavy atom. The Kier molecular flexibility index (Phi) is 4.55. The van der Waals surface area contributed by atoms with E-state index in [2.05, 4.69) is 42.5 Å². The molecule has 1 nitrogen and oxygen atoms in total. The summed E-state index contributed by atoms with van der Waals surface area (Å²) in [7, 11) is 0. The molecular weight excluding hydrogens is 575 g/mol. The highest BCUT2D eigenvalue weighted by molar-refractivity contribution is 7.26. The van der Waals surface area contributed by atoms with Gasteiger partial charge in [-0.05, 0) is 80.1 Å². The third-order valence-electron chi connectivity index (χ3n) is 8.40. The summed E-state index contributed by atoms with van der Waals surface area (Å²) in [5.74, 6) is 0. The third-order valence-corrected chi connectivity index (χ3v) is 9.61. The lowest BCUT2D eigenvalue weighted by atomic mass is 9.98. The maximum Gasteiger partial charge on any atom is 0.0645 e. The zero-order valence-electron chi connectivity index (χ0n) is 33.4. The summed E-state index contributed by atoms with van der Waals surface area (Å²) in [5.41, 5.74) is 2.52. The van der Waals surface area contributed by atoms with E-state index in [1.807, 2.05) is 78.9 Å². The molecule has 0 saturated heterocycles. The van der Waals surface area contributed by atoms with Gasteiger partial charge in [-0.15, -0.1) is 11.3 Å². The predicted octanol–water partition coefficient (Wildman–Crippen LogP) is 13.2. The molecule has 2 heteroatoms. The molecule has 0 aliphatic rings. The normalized spacial score (nSPS) is 14.2. The van der Waals surface area contributed by atoms with Crippen LogP contribution < -0.4 is 4.90 Å². The molecule has 1 aromatic heterocycles. The van der Waals surface area contributed by atoms with Crippen LogP contribution in [-0.4, -0.2) is 0 Å². The van der Waals surface area contributed by atoms with Gasteiger partial charge < -0.3 is 4.90 Å². The Labute approximate surface area is 284 Å². The molecule has 0 unspecified atom stereocenters. The summed E-state index contributed by atoms with van der Waals surface area (Å²) in [6, 6.07) is 35.4. The monoisotopic (exact) mass is 612 g/mol. The summed E-state index contributed by atoms with van der Waals surface area (Å²) in [5, 5.41) is 5.85. The van der Waals surface area contributed by atoms with Crippen molar-refractivity contribution in [3.8, 4) is 22.3 Å². The second kappa shape index (κ2) is 11.0. The first-order valence-corrected chi connectivity index (χ1v) is 15.8. The molecule has 0 radical (unpaired) electrons. The van der Waals surface area contributed by atoms with Crippen molar-refractivity contribution in [2.45, 2.75) is 0 Å². The maximum absolute atomic E-state index is 9.56.